The topological polar surface area (TPSA) is 20.2 Å². The van der Waals surface area contributed by atoms with Crippen LogP contribution in [0.4, 0.5) is 0 Å². The molecule has 2 rings (SSSR count). The highest BCUT2D eigenvalue weighted by molar-refractivity contribution is 7.10. The lowest BCUT2D eigenvalue weighted by Crippen LogP contribution is -2.32. The number of aliphatic hydroxyl groups is 1. The first-order valence-corrected chi connectivity index (χ1v) is 6.80. The molecule has 1 heterocycles. The molecule has 1 aliphatic carbocycles. The van der Waals surface area contributed by atoms with E-state index >= 15 is 0 Å². The minimum absolute atomic E-state index is 0.517. The Bertz CT molecular complexity index is 331. The Morgan fingerprint density at radius 1 is 1.60 bits per heavy atom. The third-order valence-corrected chi connectivity index (χ3v) is 4.90. The highest BCUT2D eigenvalue weighted by Crippen LogP contribution is 2.43. The molecule has 1 N–H and O–H groups in total. The number of thiophene rings is 1. The van der Waals surface area contributed by atoms with E-state index in [0.717, 1.165) is 12.8 Å². The summed E-state index contributed by atoms with van der Waals surface area (Å²) in [5.74, 6) is 0.713. The van der Waals surface area contributed by atoms with Crippen LogP contribution >= 0.6 is 11.3 Å². The van der Waals surface area contributed by atoms with Crippen molar-refractivity contribution in [2.75, 3.05) is 0 Å². The monoisotopic (exact) mass is 224 g/mol. The van der Waals surface area contributed by atoms with Gasteiger partial charge >= 0.3 is 0 Å². The molecule has 0 radical (unpaired) electrons. The standard InChI is InChI=1S/C13H20OS/c1-3-11-5-4-7-13(14,9-11)12-10(2)6-8-15-12/h6,8,11,14H,3-5,7,9H2,1-2H3. The maximum atomic E-state index is 10.7. The first kappa shape index (κ1) is 11.2. The van der Waals surface area contributed by atoms with Crippen molar-refractivity contribution in [1.82, 2.24) is 0 Å². The zero-order valence-corrected chi connectivity index (χ0v) is 10.4. The van der Waals surface area contributed by atoms with E-state index in [-0.39, 0.29) is 0 Å². The summed E-state index contributed by atoms with van der Waals surface area (Å²) in [6, 6.07) is 2.12. The van der Waals surface area contributed by atoms with Crippen LogP contribution in [-0.2, 0) is 5.60 Å². The van der Waals surface area contributed by atoms with Gasteiger partial charge in [-0.1, -0.05) is 19.8 Å². The summed E-state index contributed by atoms with van der Waals surface area (Å²) < 4.78 is 0. The molecule has 0 aromatic carbocycles. The van der Waals surface area contributed by atoms with E-state index in [4.69, 9.17) is 0 Å². The van der Waals surface area contributed by atoms with Crippen LogP contribution in [-0.4, -0.2) is 5.11 Å². The molecule has 0 spiro atoms. The highest BCUT2D eigenvalue weighted by atomic mass is 32.1. The number of hydrogen-bond acceptors (Lipinski definition) is 2. The Morgan fingerprint density at radius 3 is 3.00 bits per heavy atom. The molecule has 1 nitrogen and oxygen atoms in total. The average Bonchev–Trinajstić information content (AvgIpc) is 2.65. The van der Waals surface area contributed by atoms with Crippen LogP contribution < -0.4 is 0 Å². The van der Waals surface area contributed by atoms with Crippen molar-refractivity contribution in [1.29, 1.82) is 0 Å². The number of aryl methyl sites for hydroxylation is 1. The summed E-state index contributed by atoms with van der Waals surface area (Å²) in [6.07, 6.45) is 5.58. The van der Waals surface area contributed by atoms with Crippen LogP contribution in [0.25, 0.3) is 0 Å². The van der Waals surface area contributed by atoms with Gasteiger partial charge in [0.1, 0.15) is 0 Å². The lowest BCUT2D eigenvalue weighted by atomic mass is 9.75. The van der Waals surface area contributed by atoms with Gasteiger partial charge in [-0.15, -0.1) is 11.3 Å². The largest absolute Gasteiger partial charge is 0.384 e. The summed E-state index contributed by atoms with van der Waals surface area (Å²) in [5, 5.41) is 12.8. The minimum atomic E-state index is -0.517. The fraction of sp³-hybridized carbons (Fsp3) is 0.692. The van der Waals surface area contributed by atoms with Gasteiger partial charge in [-0.05, 0) is 49.1 Å². The summed E-state index contributed by atoms with van der Waals surface area (Å²) in [7, 11) is 0. The fourth-order valence-corrected chi connectivity index (χ4v) is 3.84. The first-order chi connectivity index (χ1) is 7.15. The van der Waals surface area contributed by atoms with Gasteiger partial charge in [0.05, 0.1) is 5.60 Å². The third kappa shape index (κ3) is 2.11. The van der Waals surface area contributed by atoms with Gasteiger partial charge in [0.25, 0.3) is 0 Å². The third-order valence-electron chi connectivity index (χ3n) is 3.69. The zero-order chi connectivity index (χ0) is 10.9. The molecular weight excluding hydrogens is 204 g/mol. The Morgan fingerprint density at radius 2 is 2.40 bits per heavy atom. The van der Waals surface area contributed by atoms with Crippen molar-refractivity contribution < 1.29 is 5.11 Å². The normalized spacial score (nSPS) is 31.8. The molecule has 0 saturated heterocycles. The van der Waals surface area contributed by atoms with Gasteiger partial charge in [-0.2, -0.15) is 0 Å². The molecule has 0 bridgehead atoms. The molecule has 2 heteroatoms. The van der Waals surface area contributed by atoms with Crippen LogP contribution in [0.5, 0.6) is 0 Å². The Balaban J connectivity index is 2.22. The number of hydrogen-bond donors (Lipinski definition) is 1. The summed E-state index contributed by atoms with van der Waals surface area (Å²) >= 11 is 1.72. The molecule has 1 fully saturated rings. The summed E-state index contributed by atoms with van der Waals surface area (Å²) in [4.78, 5) is 1.21. The van der Waals surface area contributed by atoms with Crippen LogP contribution in [0.1, 0.15) is 49.5 Å². The fourth-order valence-electron chi connectivity index (χ4n) is 2.77. The van der Waals surface area contributed by atoms with Crippen LogP contribution in [0.2, 0.25) is 0 Å². The molecule has 0 amide bonds. The second-order valence-electron chi connectivity index (χ2n) is 4.83. The minimum Gasteiger partial charge on any atom is -0.384 e. The Hall–Kier alpha value is -0.340. The molecule has 15 heavy (non-hydrogen) atoms. The van der Waals surface area contributed by atoms with Crippen molar-refractivity contribution in [2.24, 2.45) is 5.92 Å². The van der Waals surface area contributed by atoms with Crippen molar-refractivity contribution >= 4 is 11.3 Å². The van der Waals surface area contributed by atoms with Crippen molar-refractivity contribution in [3.8, 4) is 0 Å². The zero-order valence-electron chi connectivity index (χ0n) is 9.62. The summed E-state index contributed by atoms with van der Waals surface area (Å²) in [6.45, 7) is 4.34. The maximum Gasteiger partial charge on any atom is 0.0993 e. The highest BCUT2D eigenvalue weighted by Gasteiger charge is 2.36. The average molecular weight is 224 g/mol. The van der Waals surface area contributed by atoms with E-state index in [2.05, 4.69) is 25.3 Å². The van der Waals surface area contributed by atoms with Crippen LogP contribution in [0, 0.1) is 12.8 Å². The van der Waals surface area contributed by atoms with Gasteiger partial charge in [0, 0.05) is 4.88 Å². The van der Waals surface area contributed by atoms with Crippen molar-refractivity contribution in [3.05, 3.63) is 21.9 Å². The van der Waals surface area contributed by atoms with Gasteiger partial charge in [0.2, 0.25) is 0 Å². The van der Waals surface area contributed by atoms with E-state index in [1.54, 1.807) is 11.3 Å². The van der Waals surface area contributed by atoms with Gasteiger partial charge in [-0.3, -0.25) is 0 Å². The van der Waals surface area contributed by atoms with Gasteiger partial charge in [-0.25, -0.2) is 0 Å². The molecule has 1 aromatic heterocycles. The Kier molecular flexibility index (Phi) is 3.17. The predicted octanol–water partition coefficient (Wildman–Crippen LogP) is 3.84. The Labute approximate surface area is 96.1 Å². The quantitative estimate of drug-likeness (QED) is 0.809. The molecule has 84 valence electrons. The molecule has 1 aliphatic rings. The maximum absolute atomic E-state index is 10.7. The second-order valence-corrected chi connectivity index (χ2v) is 5.75. The predicted molar refractivity (Wildman–Crippen MR) is 65.2 cm³/mol. The van der Waals surface area contributed by atoms with Gasteiger partial charge in [0.15, 0.2) is 0 Å². The number of rotatable bonds is 2. The lowest BCUT2D eigenvalue weighted by Gasteiger charge is -2.36. The molecular formula is C13H20OS. The van der Waals surface area contributed by atoms with E-state index < -0.39 is 5.60 Å². The molecule has 2 unspecified atom stereocenters. The molecule has 0 aliphatic heterocycles. The van der Waals surface area contributed by atoms with E-state index in [1.807, 2.05) is 0 Å². The van der Waals surface area contributed by atoms with E-state index in [1.165, 1.54) is 29.7 Å². The molecule has 1 saturated carbocycles. The van der Waals surface area contributed by atoms with Gasteiger partial charge < -0.3 is 5.11 Å². The SMILES string of the molecule is CCC1CCCC(O)(c2sccc2C)C1. The first-order valence-electron chi connectivity index (χ1n) is 5.92. The van der Waals surface area contributed by atoms with E-state index in [0.29, 0.717) is 5.92 Å². The van der Waals surface area contributed by atoms with Crippen LogP contribution in [0.15, 0.2) is 11.4 Å². The van der Waals surface area contributed by atoms with Crippen molar-refractivity contribution in [3.63, 3.8) is 0 Å². The van der Waals surface area contributed by atoms with E-state index in [9.17, 15) is 5.11 Å². The van der Waals surface area contributed by atoms with Crippen molar-refractivity contribution in [2.45, 2.75) is 51.6 Å². The lowest BCUT2D eigenvalue weighted by molar-refractivity contribution is -0.0189. The molecule has 2 atom stereocenters. The smallest absolute Gasteiger partial charge is 0.0993 e. The van der Waals surface area contributed by atoms with Crippen LogP contribution in [0.3, 0.4) is 0 Å². The molecule has 1 aromatic rings. The summed E-state index contributed by atoms with van der Waals surface area (Å²) in [5.41, 5.74) is 0.747. The second kappa shape index (κ2) is 4.26.